The van der Waals surface area contributed by atoms with Crippen LogP contribution < -0.4 is 5.32 Å². The fourth-order valence-corrected chi connectivity index (χ4v) is 3.20. The molecule has 0 saturated carbocycles. The van der Waals surface area contributed by atoms with Gasteiger partial charge in [-0.15, -0.1) is 11.8 Å². The second-order valence-electron chi connectivity index (χ2n) is 5.18. The molecule has 0 aromatic heterocycles. The normalized spacial score (nSPS) is 11.3. The van der Waals surface area contributed by atoms with E-state index in [-0.39, 0.29) is 5.75 Å². The highest BCUT2D eigenvalue weighted by Crippen LogP contribution is 2.29. The van der Waals surface area contributed by atoms with E-state index in [0.29, 0.717) is 26.2 Å². The first-order valence-electron chi connectivity index (χ1n) is 7.47. The van der Waals surface area contributed by atoms with Gasteiger partial charge in [0.15, 0.2) is 6.10 Å². The molecule has 5 nitrogen and oxygen atoms in total. The molecule has 1 amide bonds. The molecule has 0 unspecified atom stereocenters. The van der Waals surface area contributed by atoms with Crippen LogP contribution in [0.15, 0.2) is 47.4 Å². The van der Waals surface area contributed by atoms with Crippen LogP contribution in [0.4, 0.5) is 5.69 Å². The van der Waals surface area contributed by atoms with Gasteiger partial charge in [0, 0.05) is 15.6 Å². The van der Waals surface area contributed by atoms with Crippen molar-refractivity contribution in [1.82, 2.24) is 0 Å². The van der Waals surface area contributed by atoms with Crippen LogP contribution in [-0.4, -0.2) is 23.7 Å². The van der Waals surface area contributed by atoms with Crippen LogP contribution in [0.2, 0.25) is 10.0 Å². The zero-order valence-corrected chi connectivity index (χ0v) is 16.0. The molecule has 1 atom stereocenters. The summed E-state index contributed by atoms with van der Waals surface area (Å²) in [5, 5.41) is 12.5. The molecule has 0 aliphatic heterocycles. The van der Waals surface area contributed by atoms with E-state index in [4.69, 9.17) is 33.2 Å². The number of benzene rings is 2. The minimum atomic E-state index is -0.983. The van der Waals surface area contributed by atoms with Crippen molar-refractivity contribution in [2.24, 2.45) is 0 Å². The number of hydrogen-bond donors (Lipinski definition) is 1. The fraction of sp³-hybridized carbons (Fsp3) is 0.167. The lowest BCUT2D eigenvalue weighted by molar-refractivity contribution is -0.150. The Morgan fingerprint density at radius 3 is 2.77 bits per heavy atom. The highest BCUT2D eigenvalue weighted by Gasteiger charge is 2.18. The van der Waals surface area contributed by atoms with Crippen molar-refractivity contribution in [3.63, 3.8) is 0 Å². The quantitative estimate of drug-likeness (QED) is 0.560. The predicted octanol–water partition coefficient (Wildman–Crippen LogP) is 4.53. The standard InChI is InChI=1S/C18H14Cl2N2O3S/c1-11(18(24)22-14-4-2-3-12(7-14)9-21)25-17(23)10-26-16-8-13(19)5-6-15(16)20/h2-8,11H,10H2,1H3,(H,22,24)/t11-/m0/s1. The summed E-state index contributed by atoms with van der Waals surface area (Å²) in [6, 6.07) is 13.4. The number of nitrogens with zero attached hydrogens (tertiary/aromatic N) is 1. The molecule has 0 aliphatic carbocycles. The molecule has 2 aromatic rings. The molecule has 134 valence electrons. The van der Waals surface area contributed by atoms with Crippen LogP contribution in [-0.2, 0) is 14.3 Å². The van der Waals surface area contributed by atoms with E-state index in [1.807, 2.05) is 6.07 Å². The van der Waals surface area contributed by atoms with Crippen molar-refractivity contribution in [2.75, 3.05) is 11.1 Å². The summed E-state index contributed by atoms with van der Waals surface area (Å²) in [7, 11) is 0. The molecular weight excluding hydrogens is 395 g/mol. The topological polar surface area (TPSA) is 79.2 Å². The molecule has 2 rings (SSSR count). The number of rotatable bonds is 6. The summed E-state index contributed by atoms with van der Waals surface area (Å²) in [5.74, 6) is -1.06. The number of carbonyl (C=O) groups is 2. The first kappa shape index (κ1) is 20.1. The number of nitriles is 1. The van der Waals surface area contributed by atoms with E-state index in [9.17, 15) is 9.59 Å². The number of ether oxygens (including phenoxy) is 1. The summed E-state index contributed by atoms with van der Waals surface area (Å²) < 4.78 is 5.12. The molecule has 1 N–H and O–H groups in total. The number of thioether (sulfide) groups is 1. The minimum Gasteiger partial charge on any atom is -0.452 e. The van der Waals surface area contributed by atoms with E-state index < -0.39 is 18.0 Å². The Hall–Kier alpha value is -2.20. The van der Waals surface area contributed by atoms with Crippen molar-refractivity contribution in [1.29, 1.82) is 5.26 Å². The van der Waals surface area contributed by atoms with Crippen molar-refractivity contribution in [3.05, 3.63) is 58.1 Å². The molecule has 0 saturated heterocycles. The Bertz CT molecular complexity index is 868. The number of carbonyl (C=O) groups excluding carboxylic acids is 2. The van der Waals surface area contributed by atoms with Gasteiger partial charge in [-0.25, -0.2) is 0 Å². The monoisotopic (exact) mass is 408 g/mol. The maximum Gasteiger partial charge on any atom is 0.317 e. The number of nitrogens with one attached hydrogen (secondary N) is 1. The summed E-state index contributed by atoms with van der Waals surface area (Å²) in [6.45, 7) is 1.47. The average molecular weight is 409 g/mol. The van der Waals surface area contributed by atoms with Crippen LogP contribution in [0.25, 0.3) is 0 Å². The van der Waals surface area contributed by atoms with Crippen molar-refractivity contribution in [2.45, 2.75) is 17.9 Å². The first-order chi connectivity index (χ1) is 12.4. The maximum atomic E-state index is 12.1. The minimum absolute atomic E-state index is 0.0123. The van der Waals surface area contributed by atoms with Crippen molar-refractivity contribution >= 4 is 52.5 Å². The average Bonchev–Trinajstić information content (AvgIpc) is 2.62. The van der Waals surface area contributed by atoms with Crippen molar-refractivity contribution in [3.8, 4) is 6.07 Å². The molecule has 0 aliphatic rings. The lowest BCUT2D eigenvalue weighted by atomic mass is 10.2. The zero-order chi connectivity index (χ0) is 19.1. The van der Waals surface area contributed by atoms with Crippen LogP contribution >= 0.6 is 35.0 Å². The van der Waals surface area contributed by atoms with Crippen LogP contribution in [0.5, 0.6) is 0 Å². The smallest absolute Gasteiger partial charge is 0.317 e. The number of hydrogen-bond acceptors (Lipinski definition) is 5. The fourth-order valence-electron chi connectivity index (χ4n) is 1.92. The summed E-state index contributed by atoms with van der Waals surface area (Å²) in [5.41, 5.74) is 0.874. The highest BCUT2D eigenvalue weighted by molar-refractivity contribution is 8.00. The van der Waals surface area contributed by atoms with Gasteiger partial charge in [-0.05, 0) is 43.3 Å². The van der Waals surface area contributed by atoms with Gasteiger partial charge < -0.3 is 10.1 Å². The van der Waals surface area contributed by atoms with Gasteiger partial charge in [0.2, 0.25) is 0 Å². The maximum absolute atomic E-state index is 12.1. The number of amides is 1. The lowest BCUT2D eigenvalue weighted by Gasteiger charge is -2.13. The Kier molecular flexibility index (Phi) is 7.34. The van der Waals surface area contributed by atoms with Crippen LogP contribution in [0.1, 0.15) is 12.5 Å². The molecule has 0 spiro atoms. The van der Waals surface area contributed by atoms with Gasteiger partial charge in [-0.3, -0.25) is 9.59 Å². The number of esters is 1. The molecule has 0 radical (unpaired) electrons. The van der Waals surface area contributed by atoms with E-state index in [1.165, 1.54) is 24.8 Å². The molecular formula is C18H14Cl2N2O3S. The Morgan fingerprint density at radius 1 is 1.27 bits per heavy atom. The Labute approximate surface area is 165 Å². The largest absolute Gasteiger partial charge is 0.452 e. The number of halogens is 2. The number of anilines is 1. The first-order valence-corrected chi connectivity index (χ1v) is 9.21. The van der Waals surface area contributed by atoms with E-state index in [1.54, 1.807) is 36.4 Å². The Balaban J connectivity index is 1.86. The Morgan fingerprint density at radius 2 is 2.04 bits per heavy atom. The molecule has 0 fully saturated rings. The third kappa shape index (κ3) is 5.95. The van der Waals surface area contributed by atoms with Gasteiger partial charge in [-0.1, -0.05) is 29.3 Å². The summed E-state index contributed by atoms with van der Waals surface area (Å²) in [6.07, 6.45) is -0.983. The summed E-state index contributed by atoms with van der Waals surface area (Å²) in [4.78, 5) is 24.7. The summed E-state index contributed by atoms with van der Waals surface area (Å²) >= 11 is 13.1. The SMILES string of the molecule is C[C@H](OC(=O)CSc1cc(Cl)ccc1Cl)C(=O)Nc1cccc(C#N)c1. The molecule has 26 heavy (non-hydrogen) atoms. The molecule has 8 heteroatoms. The zero-order valence-electron chi connectivity index (χ0n) is 13.7. The molecule has 2 aromatic carbocycles. The van der Waals surface area contributed by atoms with Crippen LogP contribution in [0, 0.1) is 11.3 Å². The second kappa shape index (κ2) is 9.48. The van der Waals surface area contributed by atoms with Gasteiger partial charge in [0.05, 0.1) is 22.4 Å². The lowest BCUT2D eigenvalue weighted by Crippen LogP contribution is -2.30. The molecule has 0 heterocycles. The van der Waals surface area contributed by atoms with Gasteiger partial charge >= 0.3 is 5.97 Å². The van der Waals surface area contributed by atoms with E-state index in [2.05, 4.69) is 5.32 Å². The van der Waals surface area contributed by atoms with Gasteiger partial charge in [-0.2, -0.15) is 5.26 Å². The highest BCUT2D eigenvalue weighted by atomic mass is 35.5. The van der Waals surface area contributed by atoms with Crippen LogP contribution in [0.3, 0.4) is 0 Å². The second-order valence-corrected chi connectivity index (χ2v) is 7.04. The molecule has 0 bridgehead atoms. The van der Waals surface area contributed by atoms with E-state index >= 15 is 0 Å². The van der Waals surface area contributed by atoms with Gasteiger partial charge in [0.1, 0.15) is 0 Å². The van der Waals surface area contributed by atoms with Crippen molar-refractivity contribution < 1.29 is 14.3 Å². The third-order valence-corrected chi connectivity index (χ3v) is 4.88. The predicted molar refractivity (Wildman–Crippen MR) is 103 cm³/mol. The van der Waals surface area contributed by atoms with E-state index in [0.717, 1.165) is 0 Å². The third-order valence-electron chi connectivity index (χ3n) is 3.18. The van der Waals surface area contributed by atoms with Gasteiger partial charge in [0.25, 0.3) is 5.91 Å².